The first kappa shape index (κ1) is 23.9. The number of amides is 1. The van der Waals surface area contributed by atoms with Crippen LogP contribution in [0.4, 0.5) is 0 Å². The molecule has 2 aromatic rings. The summed E-state index contributed by atoms with van der Waals surface area (Å²) < 4.78 is 0. The molecule has 3 nitrogen and oxygen atoms in total. The van der Waals surface area contributed by atoms with Crippen LogP contribution in [0.25, 0.3) is 0 Å². The fourth-order valence-corrected chi connectivity index (χ4v) is 5.77. The van der Waals surface area contributed by atoms with Gasteiger partial charge in [0.05, 0.1) is 11.0 Å². The molecule has 0 N–H and O–H groups in total. The molecule has 0 radical (unpaired) electrons. The van der Waals surface area contributed by atoms with Crippen LogP contribution in [0.3, 0.4) is 0 Å². The zero-order valence-corrected chi connectivity index (χ0v) is 20.0. The number of thioether (sulfide) groups is 1. The lowest BCUT2D eigenvalue weighted by Gasteiger charge is -2.36. The lowest BCUT2D eigenvalue weighted by Crippen LogP contribution is -2.50. The van der Waals surface area contributed by atoms with Crippen molar-refractivity contribution in [2.24, 2.45) is 5.92 Å². The first-order chi connectivity index (χ1) is 15.2. The standard InChI is InChI=1S/C27H38N2OS/c1-3-11-23(12-4-2)21-28-17-19-29(20-18-28)26(30)22-31-27(24-13-7-5-8-14-24)25-15-9-6-10-16-25/h5-10,13-16,23,27H,3-4,11-12,17-22H2,1-2H3. The Labute approximate surface area is 193 Å². The van der Waals surface area contributed by atoms with E-state index in [0.717, 1.165) is 32.1 Å². The van der Waals surface area contributed by atoms with Crippen molar-refractivity contribution >= 4 is 17.7 Å². The number of rotatable bonds is 11. The normalized spacial score (nSPS) is 15.0. The van der Waals surface area contributed by atoms with Crippen molar-refractivity contribution in [3.8, 4) is 0 Å². The van der Waals surface area contributed by atoms with Gasteiger partial charge in [-0.05, 0) is 29.9 Å². The smallest absolute Gasteiger partial charge is 0.232 e. The van der Waals surface area contributed by atoms with E-state index in [0.29, 0.717) is 5.75 Å². The molecule has 0 spiro atoms. The third-order valence-corrected chi connectivity index (χ3v) is 7.50. The van der Waals surface area contributed by atoms with Crippen LogP contribution in [0, 0.1) is 5.92 Å². The van der Waals surface area contributed by atoms with E-state index >= 15 is 0 Å². The van der Waals surface area contributed by atoms with Gasteiger partial charge >= 0.3 is 0 Å². The Hall–Kier alpha value is -1.78. The molecule has 4 heteroatoms. The highest BCUT2D eigenvalue weighted by Crippen LogP contribution is 2.35. The minimum Gasteiger partial charge on any atom is -0.339 e. The van der Waals surface area contributed by atoms with Crippen LogP contribution in [-0.2, 0) is 4.79 Å². The summed E-state index contributed by atoms with van der Waals surface area (Å²) in [6.07, 6.45) is 5.18. The Kier molecular flexibility index (Phi) is 9.95. The molecule has 3 rings (SSSR count). The Morgan fingerprint density at radius 3 is 1.84 bits per heavy atom. The highest BCUT2D eigenvalue weighted by Gasteiger charge is 2.24. The second kappa shape index (κ2) is 12.9. The number of benzene rings is 2. The summed E-state index contributed by atoms with van der Waals surface area (Å²) in [6, 6.07) is 21.1. The molecule has 1 saturated heterocycles. The molecule has 168 valence electrons. The van der Waals surface area contributed by atoms with Crippen molar-refractivity contribution in [2.45, 2.75) is 44.8 Å². The van der Waals surface area contributed by atoms with E-state index in [4.69, 9.17) is 0 Å². The van der Waals surface area contributed by atoms with E-state index in [1.54, 1.807) is 11.8 Å². The van der Waals surface area contributed by atoms with Crippen molar-refractivity contribution < 1.29 is 4.79 Å². The van der Waals surface area contributed by atoms with Gasteiger partial charge < -0.3 is 4.90 Å². The minimum absolute atomic E-state index is 0.191. The average Bonchev–Trinajstić information content (AvgIpc) is 2.81. The van der Waals surface area contributed by atoms with Gasteiger partial charge in [-0.1, -0.05) is 87.4 Å². The maximum Gasteiger partial charge on any atom is 0.232 e. The van der Waals surface area contributed by atoms with E-state index in [2.05, 4.69) is 72.2 Å². The molecule has 0 bridgehead atoms. The van der Waals surface area contributed by atoms with Crippen LogP contribution < -0.4 is 0 Å². The molecule has 1 aliphatic rings. The number of hydrogen-bond donors (Lipinski definition) is 0. The quantitative estimate of drug-likeness (QED) is 0.438. The molecule has 0 unspecified atom stereocenters. The lowest BCUT2D eigenvalue weighted by molar-refractivity contribution is -0.130. The van der Waals surface area contributed by atoms with Gasteiger partial charge in [0.1, 0.15) is 0 Å². The van der Waals surface area contributed by atoms with Gasteiger partial charge in [-0.25, -0.2) is 0 Å². The molecule has 1 fully saturated rings. The molecular weight excluding hydrogens is 400 g/mol. The summed E-state index contributed by atoms with van der Waals surface area (Å²) in [4.78, 5) is 17.6. The highest BCUT2D eigenvalue weighted by molar-refractivity contribution is 8.00. The van der Waals surface area contributed by atoms with Crippen LogP contribution in [0.5, 0.6) is 0 Å². The third-order valence-electron chi connectivity index (χ3n) is 6.21. The van der Waals surface area contributed by atoms with E-state index in [1.165, 1.54) is 43.4 Å². The van der Waals surface area contributed by atoms with Crippen molar-refractivity contribution in [2.75, 3.05) is 38.5 Å². The first-order valence-corrected chi connectivity index (χ1v) is 13.0. The Balaban J connectivity index is 1.52. The summed E-state index contributed by atoms with van der Waals surface area (Å²) in [5, 5.41) is 0.191. The molecule has 1 aliphatic heterocycles. The van der Waals surface area contributed by atoms with Crippen LogP contribution in [-0.4, -0.2) is 54.2 Å². The predicted molar refractivity (Wildman–Crippen MR) is 134 cm³/mol. The molecule has 0 aliphatic carbocycles. The van der Waals surface area contributed by atoms with Gasteiger partial charge in [0, 0.05) is 32.7 Å². The molecule has 0 saturated carbocycles. The lowest BCUT2D eigenvalue weighted by atomic mass is 9.97. The molecule has 2 aromatic carbocycles. The average molecular weight is 439 g/mol. The highest BCUT2D eigenvalue weighted by atomic mass is 32.2. The van der Waals surface area contributed by atoms with Gasteiger partial charge in [0.25, 0.3) is 0 Å². The van der Waals surface area contributed by atoms with Crippen molar-refractivity contribution in [1.82, 2.24) is 9.80 Å². The largest absolute Gasteiger partial charge is 0.339 e. The van der Waals surface area contributed by atoms with E-state index in [-0.39, 0.29) is 11.2 Å². The van der Waals surface area contributed by atoms with Crippen LogP contribution in [0.2, 0.25) is 0 Å². The Morgan fingerprint density at radius 1 is 0.839 bits per heavy atom. The molecule has 0 atom stereocenters. The summed E-state index contributed by atoms with van der Waals surface area (Å²) in [6.45, 7) is 9.53. The monoisotopic (exact) mass is 438 g/mol. The SMILES string of the molecule is CCCC(CCC)CN1CCN(C(=O)CSC(c2ccccc2)c2ccccc2)CC1. The minimum atomic E-state index is 0.191. The fraction of sp³-hybridized carbons (Fsp3) is 0.519. The second-order valence-electron chi connectivity index (χ2n) is 8.64. The topological polar surface area (TPSA) is 23.6 Å². The molecule has 1 heterocycles. The maximum absolute atomic E-state index is 13.0. The Bertz CT molecular complexity index is 714. The van der Waals surface area contributed by atoms with Crippen LogP contribution in [0.1, 0.15) is 55.9 Å². The van der Waals surface area contributed by atoms with Crippen molar-refractivity contribution in [1.29, 1.82) is 0 Å². The van der Waals surface area contributed by atoms with E-state index in [9.17, 15) is 4.79 Å². The molecule has 1 amide bonds. The summed E-state index contributed by atoms with van der Waals surface area (Å²) in [5.74, 6) is 1.62. The summed E-state index contributed by atoms with van der Waals surface area (Å²) in [7, 11) is 0. The fourth-order valence-electron chi connectivity index (χ4n) is 4.57. The number of hydrogen-bond acceptors (Lipinski definition) is 3. The number of nitrogens with zero attached hydrogens (tertiary/aromatic N) is 2. The van der Waals surface area contributed by atoms with Gasteiger partial charge in [-0.15, -0.1) is 11.8 Å². The Morgan fingerprint density at radius 2 is 1.35 bits per heavy atom. The second-order valence-corrected chi connectivity index (χ2v) is 9.73. The summed E-state index contributed by atoms with van der Waals surface area (Å²) in [5.41, 5.74) is 2.52. The van der Waals surface area contributed by atoms with Gasteiger partial charge in [0.15, 0.2) is 0 Å². The van der Waals surface area contributed by atoms with Crippen molar-refractivity contribution in [3.63, 3.8) is 0 Å². The molecular formula is C27H38N2OS. The van der Waals surface area contributed by atoms with Crippen LogP contribution >= 0.6 is 11.8 Å². The van der Waals surface area contributed by atoms with Gasteiger partial charge in [-0.3, -0.25) is 9.69 Å². The van der Waals surface area contributed by atoms with Gasteiger partial charge in [-0.2, -0.15) is 0 Å². The number of carbonyl (C=O) groups is 1. The van der Waals surface area contributed by atoms with Gasteiger partial charge in [0.2, 0.25) is 5.91 Å². The van der Waals surface area contributed by atoms with Crippen molar-refractivity contribution in [3.05, 3.63) is 71.8 Å². The first-order valence-electron chi connectivity index (χ1n) is 11.9. The number of carbonyl (C=O) groups excluding carboxylic acids is 1. The third kappa shape index (κ3) is 7.40. The zero-order valence-electron chi connectivity index (χ0n) is 19.2. The summed E-state index contributed by atoms with van der Waals surface area (Å²) >= 11 is 1.75. The predicted octanol–water partition coefficient (Wildman–Crippen LogP) is 5.87. The zero-order chi connectivity index (χ0) is 21.9. The van der Waals surface area contributed by atoms with E-state index < -0.39 is 0 Å². The molecule has 0 aromatic heterocycles. The van der Waals surface area contributed by atoms with E-state index in [1.807, 2.05) is 12.1 Å². The maximum atomic E-state index is 13.0. The van der Waals surface area contributed by atoms with Crippen LogP contribution in [0.15, 0.2) is 60.7 Å². The molecule has 31 heavy (non-hydrogen) atoms. The number of piperazine rings is 1.